The topological polar surface area (TPSA) is 63.5 Å². The largest absolute Gasteiger partial charge is 0.497 e. The van der Waals surface area contributed by atoms with E-state index in [0.717, 1.165) is 35.6 Å². The summed E-state index contributed by atoms with van der Waals surface area (Å²) in [5.41, 5.74) is 1.94. The van der Waals surface area contributed by atoms with Crippen molar-refractivity contribution in [1.82, 2.24) is 20.4 Å². The highest BCUT2D eigenvalue weighted by atomic mass is 127. The van der Waals surface area contributed by atoms with Gasteiger partial charge in [0.2, 0.25) is 0 Å². The number of nitrogens with zero attached hydrogens (tertiary/aromatic N) is 3. The fourth-order valence-corrected chi connectivity index (χ4v) is 2.50. The quantitative estimate of drug-likeness (QED) is 0.400. The molecule has 1 fully saturated rings. The lowest BCUT2D eigenvalue weighted by molar-refractivity contribution is 0.414. The number of hydrogen-bond donors (Lipinski definition) is 2. The van der Waals surface area contributed by atoms with Gasteiger partial charge in [-0.25, -0.2) is 9.67 Å². The number of ether oxygens (including phenoxy) is 1. The molecule has 1 saturated carbocycles. The van der Waals surface area contributed by atoms with Gasteiger partial charge in [-0.1, -0.05) is 6.92 Å². The van der Waals surface area contributed by atoms with Gasteiger partial charge in [0, 0.05) is 18.8 Å². The number of nitrogens with one attached hydrogen (secondary N) is 2. The molecule has 0 aliphatic heterocycles. The van der Waals surface area contributed by atoms with Crippen molar-refractivity contribution in [3.63, 3.8) is 0 Å². The molecule has 0 radical (unpaired) electrons. The average molecular weight is 455 g/mol. The molecular formula is C18H26IN5O. The number of aliphatic imine (C=N–C) groups is 1. The molecule has 7 heteroatoms. The van der Waals surface area contributed by atoms with Gasteiger partial charge < -0.3 is 15.4 Å². The van der Waals surface area contributed by atoms with E-state index in [-0.39, 0.29) is 24.0 Å². The highest BCUT2D eigenvalue weighted by molar-refractivity contribution is 14.0. The first-order valence-corrected chi connectivity index (χ1v) is 8.43. The first-order chi connectivity index (χ1) is 11.7. The highest BCUT2D eigenvalue weighted by Gasteiger charge is 2.33. The van der Waals surface area contributed by atoms with Gasteiger partial charge in [-0.15, -0.1) is 24.0 Å². The molecule has 25 heavy (non-hydrogen) atoms. The summed E-state index contributed by atoms with van der Waals surface area (Å²) in [7, 11) is 1.66. The summed E-state index contributed by atoms with van der Waals surface area (Å²) in [5, 5.41) is 11.3. The van der Waals surface area contributed by atoms with Crippen LogP contribution >= 0.6 is 24.0 Å². The van der Waals surface area contributed by atoms with Crippen LogP contribution in [-0.2, 0) is 6.54 Å². The van der Waals surface area contributed by atoms with E-state index in [1.165, 1.54) is 6.42 Å². The molecule has 1 aromatic carbocycles. The lowest BCUT2D eigenvalue weighted by Crippen LogP contribution is -2.39. The SMILES string of the molecule is CCNC(=NCc1ccn(-c2ccc(OC)cc2)n1)NC1CC1C.I. The van der Waals surface area contributed by atoms with E-state index in [4.69, 9.17) is 4.74 Å². The van der Waals surface area contributed by atoms with Crippen LogP contribution in [0, 0.1) is 5.92 Å². The van der Waals surface area contributed by atoms with Crippen LogP contribution in [0.15, 0.2) is 41.5 Å². The summed E-state index contributed by atoms with van der Waals surface area (Å²) in [5.74, 6) is 2.44. The van der Waals surface area contributed by atoms with Gasteiger partial charge in [0.05, 0.1) is 25.0 Å². The van der Waals surface area contributed by atoms with E-state index in [1.54, 1.807) is 7.11 Å². The Morgan fingerprint density at radius 1 is 1.32 bits per heavy atom. The Labute approximate surface area is 166 Å². The third kappa shape index (κ3) is 5.35. The predicted octanol–water partition coefficient (Wildman–Crippen LogP) is 2.96. The van der Waals surface area contributed by atoms with Crippen LogP contribution in [0.2, 0.25) is 0 Å². The molecule has 1 heterocycles. The number of aromatic nitrogens is 2. The van der Waals surface area contributed by atoms with Crippen LogP contribution in [0.1, 0.15) is 26.0 Å². The van der Waals surface area contributed by atoms with Crippen LogP contribution in [0.4, 0.5) is 0 Å². The molecule has 2 N–H and O–H groups in total. The Bertz CT molecular complexity index is 698. The molecule has 1 aliphatic rings. The van der Waals surface area contributed by atoms with E-state index >= 15 is 0 Å². The number of methoxy groups -OCH3 is 1. The minimum atomic E-state index is 0. The van der Waals surface area contributed by atoms with Crippen LogP contribution in [0.25, 0.3) is 5.69 Å². The molecule has 2 atom stereocenters. The summed E-state index contributed by atoms with van der Waals surface area (Å²) >= 11 is 0. The lowest BCUT2D eigenvalue weighted by Gasteiger charge is -2.10. The first kappa shape index (κ1) is 19.6. The molecule has 6 nitrogen and oxygen atoms in total. The maximum atomic E-state index is 5.18. The normalized spacial score (nSPS) is 19.1. The Morgan fingerprint density at radius 3 is 2.64 bits per heavy atom. The lowest BCUT2D eigenvalue weighted by atomic mass is 10.3. The number of benzene rings is 1. The summed E-state index contributed by atoms with van der Waals surface area (Å²) in [4.78, 5) is 4.63. The molecule has 2 aromatic rings. The van der Waals surface area contributed by atoms with E-state index in [9.17, 15) is 0 Å². The first-order valence-electron chi connectivity index (χ1n) is 8.43. The molecule has 3 rings (SSSR count). The third-order valence-corrected chi connectivity index (χ3v) is 4.16. The van der Waals surface area contributed by atoms with Crippen molar-refractivity contribution in [3.05, 3.63) is 42.2 Å². The number of guanidine groups is 1. The van der Waals surface area contributed by atoms with Crippen molar-refractivity contribution in [2.24, 2.45) is 10.9 Å². The van der Waals surface area contributed by atoms with Crippen LogP contribution in [0.5, 0.6) is 5.75 Å². The van der Waals surface area contributed by atoms with Crippen molar-refractivity contribution in [2.45, 2.75) is 32.9 Å². The van der Waals surface area contributed by atoms with Gasteiger partial charge >= 0.3 is 0 Å². The zero-order valence-corrected chi connectivity index (χ0v) is 17.2. The predicted molar refractivity (Wildman–Crippen MR) is 111 cm³/mol. The zero-order valence-electron chi connectivity index (χ0n) is 14.9. The minimum absolute atomic E-state index is 0. The van der Waals surface area contributed by atoms with Gasteiger partial charge in [0.1, 0.15) is 5.75 Å². The molecule has 0 saturated heterocycles. The van der Waals surface area contributed by atoms with Gasteiger partial charge in [0.15, 0.2) is 5.96 Å². The van der Waals surface area contributed by atoms with Crippen LogP contribution in [-0.4, -0.2) is 35.4 Å². The molecule has 0 bridgehead atoms. The van der Waals surface area contributed by atoms with Gasteiger partial charge in [-0.05, 0) is 49.6 Å². The maximum absolute atomic E-state index is 5.18. The zero-order chi connectivity index (χ0) is 16.9. The number of hydrogen-bond acceptors (Lipinski definition) is 3. The van der Waals surface area contributed by atoms with Crippen molar-refractivity contribution in [3.8, 4) is 11.4 Å². The van der Waals surface area contributed by atoms with Gasteiger partial charge in [-0.2, -0.15) is 5.10 Å². The fraction of sp³-hybridized carbons (Fsp3) is 0.444. The van der Waals surface area contributed by atoms with Crippen LogP contribution in [0.3, 0.4) is 0 Å². The second-order valence-corrected chi connectivity index (χ2v) is 6.11. The van der Waals surface area contributed by atoms with Gasteiger partial charge in [-0.3, -0.25) is 0 Å². The highest BCUT2D eigenvalue weighted by Crippen LogP contribution is 2.28. The summed E-state index contributed by atoms with van der Waals surface area (Å²) < 4.78 is 7.04. The molecule has 0 spiro atoms. The van der Waals surface area contributed by atoms with Crippen molar-refractivity contribution in [2.75, 3.05) is 13.7 Å². The van der Waals surface area contributed by atoms with E-state index < -0.39 is 0 Å². The van der Waals surface area contributed by atoms with Gasteiger partial charge in [0.25, 0.3) is 0 Å². The second-order valence-electron chi connectivity index (χ2n) is 6.11. The minimum Gasteiger partial charge on any atom is -0.497 e. The van der Waals surface area contributed by atoms with Crippen molar-refractivity contribution in [1.29, 1.82) is 0 Å². The Balaban J connectivity index is 0.00000225. The van der Waals surface area contributed by atoms with E-state index in [1.807, 2.05) is 41.2 Å². The Morgan fingerprint density at radius 2 is 2.04 bits per heavy atom. The Hall–Kier alpha value is -1.77. The molecule has 2 unspecified atom stereocenters. The summed E-state index contributed by atoms with van der Waals surface area (Å²) in [6.07, 6.45) is 3.17. The smallest absolute Gasteiger partial charge is 0.191 e. The molecular weight excluding hydrogens is 429 g/mol. The summed E-state index contributed by atoms with van der Waals surface area (Å²) in [6, 6.07) is 10.4. The van der Waals surface area contributed by atoms with E-state index in [0.29, 0.717) is 12.6 Å². The van der Waals surface area contributed by atoms with Crippen LogP contribution < -0.4 is 15.4 Å². The van der Waals surface area contributed by atoms with Crippen molar-refractivity contribution >= 4 is 29.9 Å². The molecule has 0 amide bonds. The number of halogens is 1. The molecule has 1 aromatic heterocycles. The Kier molecular flexibility index (Phi) is 7.10. The molecule has 1 aliphatic carbocycles. The van der Waals surface area contributed by atoms with Crippen molar-refractivity contribution < 1.29 is 4.74 Å². The van der Waals surface area contributed by atoms with E-state index in [2.05, 4.69) is 34.6 Å². The second kappa shape index (κ2) is 9.07. The number of rotatable bonds is 6. The third-order valence-electron chi connectivity index (χ3n) is 4.16. The summed E-state index contributed by atoms with van der Waals surface area (Å²) in [6.45, 7) is 5.73. The average Bonchev–Trinajstić information content (AvgIpc) is 3.10. The fourth-order valence-electron chi connectivity index (χ4n) is 2.50. The standard InChI is InChI=1S/C18H25N5O.HI/c1-4-19-18(21-17-11-13(17)2)20-12-14-9-10-23(22-14)15-5-7-16(24-3)8-6-15;/h5-10,13,17H,4,11-12H2,1-3H3,(H2,19,20,21);1H. The maximum Gasteiger partial charge on any atom is 0.191 e. The monoisotopic (exact) mass is 455 g/mol. The molecule has 136 valence electrons.